The van der Waals surface area contributed by atoms with Gasteiger partial charge in [-0.1, -0.05) is 65.8 Å². The second-order valence-electron chi connectivity index (χ2n) is 7.13. The third-order valence-corrected chi connectivity index (χ3v) is 4.87. The van der Waals surface area contributed by atoms with Crippen molar-refractivity contribution >= 4 is 11.8 Å². The van der Waals surface area contributed by atoms with E-state index in [2.05, 4.69) is 5.16 Å². The third-order valence-electron chi connectivity index (χ3n) is 4.87. The monoisotopic (exact) mass is 427 g/mol. The maximum absolute atomic E-state index is 12.6. The lowest BCUT2D eigenvalue weighted by molar-refractivity contribution is 0.0473. The van der Waals surface area contributed by atoms with Crippen LogP contribution in [0.1, 0.15) is 32.0 Å². The average molecular weight is 427 g/mol. The summed E-state index contributed by atoms with van der Waals surface area (Å²) in [6.07, 6.45) is 0. The topological polar surface area (TPSA) is 78.6 Å². The molecule has 0 N–H and O–H groups in total. The highest BCUT2D eigenvalue weighted by Gasteiger charge is 2.23. The van der Waals surface area contributed by atoms with Crippen molar-refractivity contribution in [3.05, 3.63) is 107 Å². The summed E-state index contributed by atoms with van der Waals surface area (Å²) in [4.78, 5) is 25.1. The number of ether oxygens (including phenoxy) is 2. The number of hydrogen-bond acceptors (Lipinski definition) is 6. The van der Waals surface area contributed by atoms with E-state index < -0.39 is 5.97 Å². The predicted octanol–water partition coefficient (Wildman–Crippen LogP) is 5.27. The van der Waals surface area contributed by atoms with Gasteiger partial charge in [-0.15, -0.1) is 0 Å². The number of nitrogens with zero attached hydrogens (tertiary/aromatic N) is 1. The zero-order valence-corrected chi connectivity index (χ0v) is 17.5. The molecule has 0 bridgehead atoms. The SMILES string of the molecule is Cc1onc(-c2ccccc2)c1C(=O)OCC(=O)c1ccc(OCc2ccccc2)cc1. The second kappa shape index (κ2) is 9.75. The Hall–Kier alpha value is -4.19. The van der Waals surface area contributed by atoms with Gasteiger partial charge in [-0.3, -0.25) is 4.79 Å². The molecular weight excluding hydrogens is 406 g/mol. The number of Topliss-reactive ketones (excluding diaryl/α,β-unsaturated/α-hetero) is 1. The Morgan fingerprint density at radius 2 is 1.53 bits per heavy atom. The van der Waals surface area contributed by atoms with Crippen molar-refractivity contribution in [2.75, 3.05) is 6.61 Å². The fourth-order valence-corrected chi connectivity index (χ4v) is 3.17. The predicted molar refractivity (Wildman–Crippen MR) is 119 cm³/mol. The van der Waals surface area contributed by atoms with Gasteiger partial charge < -0.3 is 14.0 Å². The Labute approximate surface area is 185 Å². The smallest absolute Gasteiger partial charge is 0.344 e. The van der Waals surface area contributed by atoms with E-state index in [1.807, 2.05) is 60.7 Å². The molecule has 160 valence electrons. The Kier molecular flexibility index (Phi) is 6.41. The maximum Gasteiger partial charge on any atom is 0.344 e. The van der Waals surface area contributed by atoms with Crippen molar-refractivity contribution in [3.63, 3.8) is 0 Å². The molecule has 4 aromatic rings. The van der Waals surface area contributed by atoms with Gasteiger partial charge in [0.2, 0.25) is 0 Å². The molecule has 0 aliphatic heterocycles. The fourth-order valence-electron chi connectivity index (χ4n) is 3.17. The lowest BCUT2D eigenvalue weighted by Gasteiger charge is -2.08. The molecule has 0 saturated heterocycles. The summed E-state index contributed by atoms with van der Waals surface area (Å²) < 4.78 is 16.2. The highest BCUT2D eigenvalue weighted by molar-refractivity contribution is 6.01. The first-order chi connectivity index (χ1) is 15.6. The number of carbonyl (C=O) groups is 2. The van der Waals surface area contributed by atoms with Crippen LogP contribution in [0, 0.1) is 6.92 Å². The lowest BCUT2D eigenvalue weighted by atomic mass is 10.1. The van der Waals surface area contributed by atoms with Gasteiger partial charge in [-0.05, 0) is 36.8 Å². The van der Waals surface area contributed by atoms with Crippen molar-refractivity contribution in [2.45, 2.75) is 13.5 Å². The Morgan fingerprint density at radius 3 is 2.22 bits per heavy atom. The summed E-state index contributed by atoms with van der Waals surface area (Å²) in [7, 11) is 0. The van der Waals surface area contributed by atoms with E-state index in [1.54, 1.807) is 31.2 Å². The molecule has 3 aromatic carbocycles. The van der Waals surface area contributed by atoms with Crippen LogP contribution in [0.3, 0.4) is 0 Å². The largest absolute Gasteiger partial charge is 0.489 e. The molecule has 6 heteroatoms. The lowest BCUT2D eigenvalue weighted by Crippen LogP contribution is -2.15. The Morgan fingerprint density at radius 1 is 0.875 bits per heavy atom. The zero-order chi connectivity index (χ0) is 22.3. The number of hydrogen-bond donors (Lipinski definition) is 0. The first kappa shape index (κ1) is 21.1. The van der Waals surface area contributed by atoms with Crippen LogP contribution in [0.5, 0.6) is 5.75 Å². The van der Waals surface area contributed by atoms with Gasteiger partial charge in [0.15, 0.2) is 12.4 Å². The highest BCUT2D eigenvalue weighted by Crippen LogP contribution is 2.25. The molecule has 32 heavy (non-hydrogen) atoms. The van der Waals surface area contributed by atoms with E-state index in [-0.39, 0.29) is 18.0 Å². The number of rotatable bonds is 8. The van der Waals surface area contributed by atoms with Gasteiger partial charge in [-0.25, -0.2) is 4.79 Å². The molecule has 0 amide bonds. The van der Waals surface area contributed by atoms with Crippen molar-refractivity contribution in [2.24, 2.45) is 0 Å². The quantitative estimate of drug-likeness (QED) is 0.282. The van der Waals surface area contributed by atoms with Crippen LogP contribution >= 0.6 is 0 Å². The minimum atomic E-state index is -0.654. The van der Waals surface area contributed by atoms with Crippen molar-refractivity contribution in [3.8, 4) is 17.0 Å². The molecule has 6 nitrogen and oxygen atoms in total. The molecule has 0 atom stereocenters. The molecular formula is C26H21NO5. The van der Waals surface area contributed by atoms with Gasteiger partial charge in [0.1, 0.15) is 29.4 Å². The van der Waals surface area contributed by atoms with E-state index in [9.17, 15) is 9.59 Å². The first-order valence-electron chi connectivity index (χ1n) is 10.1. The Balaban J connectivity index is 1.36. The summed E-state index contributed by atoms with van der Waals surface area (Å²) in [6, 6.07) is 25.7. The molecule has 1 aromatic heterocycles. The maximum atomic E-state index is 12.6. The molecule has 0 radical (unpaired) electrons. The van der Waals surface area contributed by atoms with Crippen LogP contribution in [0.15, 0.2) is 89.5 Å². The molecule has 0 aliphatic carbocycles. The molecule has 0 unspecified atom stereocenters. The minimum absolute atomic E-state index is 0.216. The molecule has 0 fully saturated rings. The van der Waals surface area contributed by atoms with Crippen molar-refractivity contribution < 1.29 is 23.6 Å². The molecule has 1 heterocycles. The highest BCUT2D eigenvalue weighted by atomic mass is 16.5. The van der Waals surface area contributed by atoms with Crippen LogP contribution < -0.4 is 4.74 Å². The van der Waals surface area contributed by atoms with Gasteiger partial charge >= 0.3 is 5.97 Å². The number of aromatic nitrogens is 1. The van der Waals surface area contributed by atoms with Crippen molar-refractivity contribution in [1.82, 2.24) is 5.16 Å². The molecule has 4 rings (SSSR count). The Bertz CT molecular complexity index is 1200. The van der Waals surface area contributed by atoms with E-state index in [0.29, 0.717) is 29.4 Å². The zero-order valence-electron chi connectivity index (χ0n) is 17.5. The number of carbonyl (C=O) groups excluding carboxylic acids is 2. The fraction of sp³-hybridized carbons (Fsp3) is 0.115. The van der Waals surface area contributed by atoms with E-state index in [1.165, 1.54) is 0 Å². The summed E-state index contributed by atoms with van der Waals surface area (Å²) in [5.41, 5.74) is 2.82. The standard InChI is InChI=1S/C26H21NO5/c1-18-24(25(27-32-18)21-10-6-3-7-11-21)26(29)31-17-23(28)20-12-14-22(15-13-20)30-16-19-8-4-2-5-9-19/h2-15H,16-17H2,1H3. The number of esters is 1. The van der Waals surface area contributed by atoms with Crippen LogP contribution in [0.4, 0.5) is 0 Å². The second-order valence-corrected chi connectivity index (χ2v) is 7.13. The summed E-state index contributed by atoms with van der Waals surface area (Å²) in [5, 5.41) is 3.97. The van der Waals surface area contributed by atoms with Gasteiger partial charge in [0.05, 0.1) is 0 Å². The van der Waals surface area contributed by atoms with E-state index >= 15 is 0 Å². The molecule has 0 spiro atoms. The minimum Gasteiger partial charge on any atom is -0.489 e. The normalized spacial score (nSPS) is 10.5. The number of benzene rings is 3. The van der Waals surface area contributed by atoms with Gasteiger partial charge in [-0.2, -0.15) is 0 Å². The molecule has 0 aliphatic rings. The van der Waals surface area contributed by atoms with Crippen LogP contribution in [-0.4, -0.2) is 23.5 Å². The van der Waals surface area contributed by atoms with E-state index in [0.717, 1.165) is 11.1 Å². The third kappa shape index (κ3) is 4.92. The van der Waals surface area contributed by atoms with Crippen molar-refractivity contribution in [1.29, 1.82) is 0 Å². The van der Waals surface area contributed by atoms with Crippen LogP contribution in [-0.2, 0) is 11.3 Å². The van der Waals surface area contributed by atoms with Crippen LogP contribution in [0.25, 0.3) is 11.3 Å². The summed E-state index contributed by atoms with van der Waals surface area (Å²) in [6.45, 7) is 1.68. The number of ketones is 1. The van der Waals surface area contributed by atoms with Gasteiger partial charge in [0, 0.05) is 11.1 Å². The first-order valence-corrected chi connectivity index (χ1v) is 10.1. The number of aryl methyl sites for hydroxylation is 1. The van der Waals surface area contributed by atoms with Gasteiger partial charge in [0.25, 0.3) is 0 Å². The molecule has 0 saturated carbocycles. The van der Waals surface area contributed by atoms with Crippen LogP contribution in [0.2, 0.25) is 0 Å². The average Bonchev–Trinajstić information content (AvgIpc) is 3.24. The summed E-state index contributed by atoms with van der Waals surface area (Å²) >= 11 is 0. The van der Waals surface area contributed by atoms with E-state index in [4.69, 9.17) is 14.0 Å². The summed E-state index contributed by atoms with van der Waals surface area (Å²) in [5.74, 6) is 0.0123.